The first kappa shape index (κ1) is 12.8. The van der Waals surface area contributed by atoms with E-state index in [9.17, 15) is 9.18 Å². The smallest absolute Gasteiger partial charge is 0.341 e. The van der Waals surface area contributed by atoms with Crippen molar-refractivity contribution in [1.29, 1.82) is 0 Å². The zero-order valence-electron chi connectivity index (χ0n) is 9.05. The quantitative estimate of drug-likeness (QED) is 0.605. The molecule has 1 rings (SSSR count). The van der Waals surface area contributed by atoms with Crippen LogP contribution in [0.1, 0.15) is 22.8 Å². The molecule has 0 radical (unpaired) electrons. The maximum Gasteiger partial charge on any atom is 0.341 e. The number of rotatable bonds is 4. The third-order valence-electron chi connectivity index (χ3n) is 2.01. The Hall–Kier alpha value is -1.29. The second kappa shape index (κ2) is 5.70. The van der Waals surface area contributed by atoms with E-state index in [2.05, 4.69) is 0 Å². The second-order valence-electron chi connectivity index (χ2n) is 3.00. The lowest BCUT2D eigenvalue weighted by Crippen LogP contribution is -2.08. The Morgan fingerprint density at radius 1 is 1.50 bits per heavy atom. The van der Waals surface area contributed by atoms with Gasteiger partial charge in [-0.15, -0.1) is 11.6 Å². The molecule has 1 aromatic rings. The molecule has 0 saturated heterocycles. The fraction of sp³-hybridized carbons (Fsp3) is 0.364. The van der Waals surface area contributed by atoms with E-state index < -0.39 is 11.8 Å². The average Bonchev–Trinajstić information content (AvgIpc) is 2.28. The van der Waals surface area contributed by atoms with Crippen LogP contribution in [-0.2, 0) is 10.6 Å². The molecule has 3 nitrogen and oxygen atoms in total. The second-order valence-corrected chi connectivity index (χ2v) is 3.27. The molecule has 0 spiro atoms. The normalized spacial score (nSPS) is 10.0. The van der Waals surface area contributed by atoms with Gasteiger partial charge in [0.1, 0.15) is 17.1 Å². The van der Waals surface area contributed by atoms with Crippen LogP contribution in [0.3, 0.4) is 0 Å². The van der Waals surface area contributed by atoms with Crippen molar-refractivity contribution < 1.29 is 18.7 Å². The van der Waals surface area contributed by atoms with E-state index >= 15 is 0 Å². The topological polar surface area (TPSA) is 35.5 Å². The van der Waals surface area contributed by atoms with E-state index in [0.29, 0.717) is 0 Å². The van der Waals surface area contributed by atoms with Gasteiger partial charge in [0, 0.05) is 11.6 Å². The van der Waals surface area contributed by atoms with Crippen LogP contribution >= 0.6 is 11.6 Å². The van der Waals surface area contributed by atoms with Crippen molar-refractivity contribution in [2.45, 2.75) is 12.8 Å². The summed E-state index contributed by atoms with van der Waals surface area (Å²) in [5, 5.41) is 0. The van der Waals surface area contributed by atoms with Crippen LogP contribution in [0.2, 0.25) is 0 Å². The van der Waals surface area contributed by atoms with Crippen LogP contribution in [0.15, 0.2) is 12.1 Å². The lowest BCUT2D eigenvalue weighted by atomic mass is 10.1. The molecule has 0 aliphatic carbocycles. The third-order valence-corrected chi connectivity index (χ3v) is 2.30. The highest BCUT2D eigenvalue weighted by molar-refractivity contribution is 6.17. The Balaban J connectivity index is 3.19. The number of benzene rings is 1. The highest BCUT2D eigenvalue weighted by Crippen LogP contribution is 2.24. The number of methoxy groups -OCH3 is 1. The van der Waals surface area contributed by atoms with Gasteiger partial charge in [-0.05, 0) is 13.0 Å². The lowest BCUT2D eigenvalue weighted by molar-refractivity contribution is 0.0522. The van der Waals surface area contributed by atoms with Crippen molar-refractivity contribution in [3.8, 4) is 5.75 Å². The molecule has 0 heterocycles. The number of halogens is 2. The van der Waals surface area contributed by atoms with Crippen molar-refractivity contribution in [2.75, 3.05) is 13.7 Å². The van der Waals surface area contributed by atoms with Crippen molar-refractivity contribution in [2.24, 2.45) is 0 Å². The predicted octanol–water partition coefficient (Wildman–Crippen LogP) is 2.75. The summed E-state index contributed by atoms with van der Waals surface area (Å²) in [5.74, 6) is -0.919. The average molecular weight is 247 g/mol. The molecule has 0 amide bonds. The Morgan fingerprint density at radius 2 is 2.19 bits per heavy atom. The maximum atomic E-state index is 13.4. The standard InChI is InChI=1S/C11H12ClFO3/c1-3-16-11(14)8-4-7(6-12)9(13)5-10(8)15-2/h4-5H,3,6H2,1-2H3. The van der Waals surface area contributed by atoms with E-state index in [1.165, 1.54) is 13.2 Å². The largest absolute Gasteiger partial charge is 0.496 e. The monoisotopic (exact) mass is 246 g/mol. The van der Waals surface area contributed by atoms with Gasteiger partial charge >= 0.3 is 5.97 Å². The van der Waals surface area contributed by atoms with Gasteiger partial charge in [0.05, 0.1) is 19.6 Å². The summed E-state index contributed by atoms with van der Waals surface area (Å²) in [6, 6.07) is 2.48. The predicted molar refractivity (Wildman–Crippen MR) is 58.5 cm³/mol. The molecule has 0 N–H and O–H groups in total. The van der Waals surface area contributed by atoms with Crippen molar-refractivity contribution in [3.05, 3.63) is 29.1 Å². The molecule has 0 aliphatic rings. The summed E-state index contributed by atoms with van der Waals surface area (Å²) in [5.41, 5.74) is 0.423. The first-order valence-electron chi connectivity index (χ1n) is 4.73. The Kier molecular flexibility index (Phi) is 4.55. The summed E-state index contributed by atoms with van der Waals surface area (Å²) in [6.45, 7) is 1.94. The summed E-state index contributed by atoms with van der Waals surface area (Å²) >= 11 is 5.55. The summed E-state index contributed by atoms with van der Waals surface area (Å²) in [7, 11) is 1.36. The van der Waals surface area contributed by atoms with E-state index in [-0.39, 0.29) is 29.4 Å². The van der Waals surface area contributed by atoms with Gasteiger partial charge in [0.25, 0.3) is 0 Å². The molecule has 0 saturated carbocycles. The Morgan fingerprint density at radius 3 is 2.69 bits per heavy atom. The van der Waals surface area contributed by atoms with Gasteiger partial charge in [0.2, 0.25) is 0 Å². The van der Waals surface area contributed by atoms with Gasteiger partial charge in [0.15, 0.2) is 0 Å². The fourth-order valence-electron chi connectivity index (χ4n) is 1.24. The van der Waals surface area contributed by atoms with Gasteiger partial charge < -0.3 is 9.47 Å². The highest BCUT2D eigenvalue weighted by atomic mass is 35.5. The number of hydrogen-bond acceptors (Lipinski definition) is 3. The molecule has 0 aliphatic heterocycles. The van der Waals surface area contributed by atoms with Crippen molar-refractivity contribution in [3.63, 3.8) is 0 Å². The molecule has 0 aromatic heterocycles. The van der Waals surface area contributed by atoms with Crippen LogP contribution in [0.25, 0.3) is 0 Å². The molecule has 5 heteroatoms. The zero-order valence-corrected chi connectivity index (χ0v) is 9.81. The van der Waals surface area contributed by atoms with Crippen molar-refractivity contribution >= 4 is 17.6 Å². The molecule has 0 fully saturated rings. The molecule has 0 unspecified atom stereocenters. The fourth-order valence-corrected chi connectivity index (χ4v) is 1.44. The Bertz CT molecular complexity index is 393. The summed E-state index contributed by atoms with van der Waals surface area (Å²) < 4.78 is 23.1. The minimum atomic E-state index is -0.550. The first-order valence-corrected chi connectivity index (χ1v) is 5.27. The summed E-state index contributed by atoms with van der Waals surface area (Å²) in [4.78, 5) is 11.5. The molecule has 0 atom stereocenters. The Labute approximate surface area is 98.1 Å². The van der Waals surface area contributed by atoms with E-state index in [0.717, 1.165) is 6.07 Å². The van der Waals surface area contributed by atoms with E-state index in [4.69, 9.17) is 21.1 Å². The molecule has 0 bridgehead atoms. The van der Waals surface area contributed by atoms with Crippen LogP contribution in [0, 0.1) is 5.82 Å². The number of esters is 1. The van der Waals surface area contributed by atoms with Gasteiger partial charge in [-0.3, -0.25) is 0 Å². The SMILES string of the molecule is CCOC(=O)c1cc(CCl)c(F)cc1OC. The van der Waals surface area contributed by atoms with Gasteiger partial charge in [-0.2, -0.15) is 0 Å². The molecular formula is C11H12ClFO3. The highest BCUT2D eigenvalue weighted by Gasteiger charge is 2.17. The number of hydrogen-bond donors (Lipinski definition) is 0. The van der Waals surface area contributed by atoms with Gasteiger partial charge in [-0.1, -0.05) is 0 Å². The molecule has 16 heavy (non-hydrogen) atoms. The number of carbonyl (C=O) groups is 1. The van der Waals surface area contributed by atoms with Crippen molar-refractivity contribution in [1.82, 2.24) is 0 Å². The molecule has 88 valence electrons. The first-order chi connectivity index (χ1) is 7.63. The van der Waals surface area contributed by atoms with Gasteiger partial charge in [-0.25, -0.2) is 9.18 Å². The number of carbonyl (C=O) groups excluding carboxylic acids is 1. The summed E-state index contributed by atoms with van der Waals surface area (Å²) in [6.07, 6.45) is 0. The minimum absolute atomic E-state index is 0.0117. The number of ether oxygens (including phenoxy) is 2. The maximum absolute atomic E-state index is 13.4. The lowest BCUT2D eigenvalue weighted by Gasteiger charge is -2.09. The number of alkyl halides is 1. The zero-order chi connectivity index (χ0) is 12.1. The van der Waals surface area contributed by atoms with Crippen LogP contribution < -0.4 is 4.74 Å². The minimum Gasteiger partial charge on any atom is -0.496 e. The van der Waals surface area contributed by atoms with E-state index in [1.807, 2.05) is 0 Å². The van der Waals surface area contributed by atoms with Crippen LogP contribution in [0.4, 0.5) is 4.39 Å². The van der Waals surface area contributed by atoms with E-state index in [1.54, 1.807) is 6.92 Å². The van der Waals surface area contributed by atoms with Crippen LogP contribution in [-0.4, -0.2) is 19.7 Å². The third kappa shape index (κ3) is 2.64. The molecular weight excluding hydrogens is 235 g/mol. The van der Waals surface area contributed by atoms with Crippen LogP contribution in [0.5, 0.6) is 5.75 Å². The molecule has 1 aromatic carbocycles.